The van der Waals surface area contributed by atoms with Crippen LogP contribution in [0.3, 0.4) is 0 Å². The van der Waals surface area contributed by atoms with Gasteiger partial charge in [0.2, 0.25) is 0 Å². The largest absolute Gasteiger partial charge is 0.497 e. The number of carboxylic acid groups (broad SMARTS) is 1. The molecule has 0 amide bonds. The first-order chi connectivity index (χ1) is 9.11. The molecule has 0 radical (unpaired) electrons. The highest BCUT2D eigenvalue weighted by Crippen LogP contribution is 2.35. The first kappa shape index (κ1) is 13.8. The van der Waals surface area contributed by atoms with Crippen molar-refractivity contribution in [3.8, 4) is 16.2 Å². The monoisotopic (exact) mass is 296 g/mol. The highest BCUT2D eigenvalue weighted by Gasteiger charge is 2.18. The van der Waals surface area contributed by atoms with Gasteiger partial charge in [0.05, 0.1) is 12.0 Å². The average molecular weight is 296 g/mol. The van der Waals surface area contributed by atoms with Crippen molar-refractivity contribution in [1.82, 2.24) is 9.59 Å². The molecule has 0 saturated carbocycles. The van der Waals surface area contributed by atoms with E-state index in [4.69, 9.17) is 9.84 Å². The van der Waals surface area contributed by atoms with Crippen LogP contribution in [0.4, 0.5) is 0 Å². The minimum absolute atomic E-state index is 0.562. The topological polar surface area (TPSA) is 72.3 Å². The van der Waals surface area contributed by atoms with Crippen LogP contribution < -0.4 is 4.74 Å². The Balaban J connectivity index is 2.30. The van der Waals surface area contributed by atoms with Crippen molar-refractivity contribution < 1.29 is 14.6 Å². The van der Waals surface area contributed by atoms with Crippen LogP contribution in [0.15, 0.2) is 29.3 Å². The van der Waals surface area contributed by atoms with Gasteiger partial charge in [-0.25, -0.2) is 0 Å². The van der Waals surface area contributed by atoms with Gasteiger partial charge in [0.25, 0.3) is 0 Å². The Morgan fingerprint density at radius 2 is 2.32 bits per heavy atom. The zero-order valence-corrected chi connectivity index (χ0v) is 12.0. The van der Waals surface area contributed by atoms with E-state index >= 15 is 0 Å². The summed E-state index contributed by atoms with van der Waals surface area (Å²) >= 11 is 2.43. The molecule has 7 heteroatoms. The molecule has 2 rings (SSSR count). The Morgan fingerprint density at radius 1 is 1.53 bits per heavy atom. The summed E-state index contributed by atoms with van der Waals surface area (Å²) in [4.78, 5) is 11.7. The minimum atomic E-state index is -0.866. The predicted molar refractivity (Wildman–Crippen MR) is 74.9 cm³/mol. The van der Waals surface area contributed by atoms with Crippen LogP contribution in [0.1, 0.15) is 6.92 Å². The van der Waals surface area contributed by atoms with Gasteiger partial charge >= 0.3 is 5.97 Å². The third-order valence-electron chi connectivity index (χ3n) is 2.43. The van der Waals surface area contributed by atoms with E-state index in [1.165, 1.54) is 23.3 Å². The quantitative estimate of drug-likeness (QED) is 0.855. The number of methoxy groups -OCH3 is 1. The number of aliphatic carboxylic acids is 1. The molecule has 0 saturated heterocycles. The fraction of sp³-hybridized carbons (Fsp3) is 0.250. The van der Waals surface area contributed by atoms with Gasteiger partial charge in [-0.15, -0.1) is 5.10 Å². The molecule has 19 heavy (non-hydrogen) atoms. The van der Waals surface area contributed by atoms with Crippen LogP contribution in [0.5, 0.6) is 5.75 Å². The lowest BCUT2D eigenvalue weighted by Crippen LogP contribution is -2.11. The Hall–Kier alpha value is -1.60. The van der Waals surface area contributed by atoms with Gasteiger partial charge in [-0.2, -0.15) is 0 Å². The summed E-state index contributed by atoms with van der Waals surface area (Å²) in [5, 5.41) is 13.0. The van der Waals surface area contributed by atoms with E-state index in [-0.39, 0.29) is 0 Å². The van der Waals surface area contributed by atoms with Crippen molar-refractivity contribution in [3.63, 3.8) is 0 Å². The summed E-state index contributed by atoms with van der Waals surface area (Å²) in [5.74, 6) is -0.122. The number of hydrogen-bond donors (Lipinski definition) is 1. The molecular weight excluding hydrogens is 284 g/mol. The predicted octanol–water partition coefficient (Wildman–Crippen LogP) is 2.78. The Labute approximate surface area is 118 Å². The molecule has 1 atom stereocenters. The molecule has 1 heterocycles. The Bertz CT molecular complexity index is 586. The molecule has 1 aromatic carbocycles. The standard InChI is InChI=1S/C12H12N2O3S2/c1-7(12(15)16)18-11-10(19-14-13-11)8-4-3-5-9(6-8)17-2/h3-7H,1-2H3,(H,15,16). The number of aromatic nitrogens is 2. The van der Waals surface area contributed by atoms with Crippen LogP contribution in [0.2, 0.25) is 0 Å². The highest BCUT2D eigenvalue weighted by atomic mass is 32.2. The van der Waals surface area contributed by atoms with Gasteiger partial charge in [0.15, 0.2) is 0 Å². The maximum absolute atomic E-state index is 10.9. The fourth-order valence-electron chi connectivity index (χ4n) is 1.42. The van der Waals surface area contributed by atoms with E-state index in [1.54, 1.807) is 14.0 Å². The molecule has 1 aromatic heterocycles. The summed E-state index contributed by atoms with van der Waals surface area (Å²) in [6.45, 7) is 1.63. The molecule has 0 spiro atoms. The van der Waals surface area contributed by atoms with Crippen LogP contribution in [-0.4, -0.2) is 33.0 Å². The number of ether oxygens (including phenoxy) is 1. The SMILES string of the molecule is COc1cccc(-c2snnc2SC(C)C(=O)O)c1. The molecule has 0 aliphatic rings. The van der Waals surface area contributed by atoms with Crippen molar-refractivity contribution in [2.45, 2.75) is 17.2 Å². The zero-order chi connectivity index (χ0) is 13.8. The van der Waals surface area contributed by atoms with Crippen molar-refractivity contribution in [1.29, 1.82) is 0 Å². The number of nitrogens with zero attached hydrogens (tertiary/aromatic N) is 2. The summed E-state index contributed by atoms with van der Waals surface area (Å²) < 4.78 is 9.08. The lowest BCUT2D eigenvalue weighted by atomic mass is 10.2. The van der Waals surface area contributed by atoms with Crippen molar-refractivity contribution >= 4 is 29.3 Å². The van der Waals surface area contributed by atoms with Crippen LogP contribution in [-0.2, 0) is 4.79 Å². The van der Waals surface area contributed by atoms with E-state index in [2.05, 4.69) is 9.59 Å². The van der Waals surface area contributed by atoms with Gasteiger partial charge in [-0.05, 0) is 36.2 Å². The van der Waals surface area contributed by atoms with Crippen molar-refractivity contribution in [2.75, 3.05) is 7.11 Å². The second-order valence-electron chi connectivity index (χ2n) is 3.74. The van der Waals surface area contributed by atoms with Crippen LogP contribution >= 0.6 is 23.3 Å². The van der Waals surface area contributed by atoms with Gasteiger partial charge in [-0.3, -0.25) is 4.79 Å². The number of thioether (sulfide) groups is 1. The fourth-order valence-corrected chi connectivity index (χ4v) is 3.03. The van der Waals surface area contributed by atoms with E-state index in [9.17, 15) is 4.79 Å². The second kappa shape index (κ2) is 6.03. The summed E-state index contributed by atoms with van der Waals surface area (Å²) in [7, 11) is 1.60. The molecule has 1 unspecified atom stereocenters. The molecule has 100 valence electrons. The molecule has 0 aliphatic carbocycles. The number of rotatable bonds is 5. The van der Waals surface area contributed by atoms with Crippen LogP contribution in [0.25, 0.3) is 10.4 Å². The molecule has 0 aliphatic heterocycles. The van der Waals surface area contributed by atoms with E-state index in [0.717, 1.165) is 16.2 Å². The Kier molecular flexibility index (Phi) is 4.39. The molecule has 2 aromatic rings. The number of carboxylic acids is 1. The maximum atomic E-state index is 10.9. The van der Waals surface area contributed by atoms with Gasteiger partial charge in [0.1, 0.15) is 16.0 Å². The van der Waals surface area contributed by atoms with Crippen molar-refractivity contribution in [3.05, 3.63) is 24.3 Å². The zero-order valence-electron chi connectivity index (χ0n) is 10.4. The highest BCUT2D eigenvalue weighted by molar-refractivity contribution is 8.00. The second-order valence-corrected chi connectivity index (χ2v) is 5.82. The number of benzene rings is 1. The van der Waals surface area contributed by atoms with Gasteiger partial charge in [-0.1, -0.05) is 28.4 Å². The lowest BCUT2D eigenvalue weighted by Gasteiger charge is -2.06. The van der Waals surface area contributed by atoms with Crippen molar-refractivity contribution in [2.24, 2.45) is 0 Å². The number of carbonyl (C=O) groups is 1. The molecular formula is C12H12N2O3S2. The summed E-state index contributed by atoms with van der Waals surface area (Å²) in [5.41, 5.74) is 0.925. The van der Waals surface area contributed by atoms with E-state index in [0.29, 0.717) is 5.03 Å². The van der Waals surface area contributed by atoms with Gasteiger partial charge in [0, 0.05) is 0 Å². The average Bonchev–Trinajstić information content (AvgIpc) is 2.86. The first-order valence-corrected chi connectivity index (χ1v) is 7.13. The minimum Gasteiger partial charge on any atom is -0.497 e. The molecule has 1 N–H and O–H groups in total. The molecule has 0 bridgehead atoms. The van der Waals surface area contributed by atoms with E-state index in [1.807, 2.05) is 24.3 Å². The summed E-state index contributed by atoms with van der Waals surface area (Å²) in [6.07, 6.45) is 0. The molecule has 0 fully saturated rings. The number of hydrogen-bond acceptors (Lipinski definition) is 6. The van der Waals surface area contributed by atoms with E-state index < -0.39 is 11.2 Å². The summed E-state index contributed by atoms with van der Waals surface area (Å²) in [6, 6.07) is 7.53. The lowest BCUT2D eigenvalue weighted by molar-refractivity contribution is -0.136. The third-order valence-corrected chi connectivity index (χ3v) is 4.39. The normalized spacial score (nSPS) is 12.1. The molecule has 5 nitrogen and oxygen atoms in total. The van der Waals surface area contributed by atoms with Crippen LogP contribution in [0, 0.1) is 0 Å². The smallest absolute Gasteiger partial charge is 0.316 e. The van der Waals surface area contributed by atoms with Gasteiger partial charge < -0.3 is 9.84 Å². The maximum Gasteiger partial charge on any atom is 0.316 e. The first-order valence-electron chi connectivity index (χ1n) is 5.48. The third kappa shape index (κ3) is 3.24. The Morgan fingerprint density at radius 3 is 3.00 bits per heavy atom.